The molecule has 1 heteroatoms. The molecule has 19 heavy (non-hydrogen) atoms. The first-order valence-corrected chi connectivity index (χ1v) is 9.09. The Bertz CT molecular complexity index is 170. The molecule has 1 aliphatic heterocycles. The normalized spacial score (nSPS) is 20.2. The van der Waals surface area contributed by atoms with Gasteiger partial charge in [-0.05, 0) is 38.3 Å². The molecule has 0 amide bonds. The molecule has 1 unspecified atom stereocenters. The highest BCUT2D eigenvalue weighted by atomic mass is 15.1. The Kier molecular flexibility index (Phi) is 10.5. The van der Waals surface area contributed by atoms with Crippen molar-refractivity contribution in [3.8, 4) is 0 Å². The summed E-state index contributed by atoms with van der Waals surface area (Å²) in [6.07, 6.45) is 17.3. The highest BCUT2D eigenvalue weighted by molar-refractivity contribution is 4.75. The average molecular weight is 268 g/mol. The zero-order valence-corrected chi connectivity index (χ0v) is 13.6. The van der Waals surface area contributed by atoms with Gasteiger partial charge in [0.25, 0.3) is 0 Å². The maximum absolute atomic E-state index is 2.72. The van der Waals surface area contributed by atoms with Gasteiger partial charge in [-0.2, -0.15) is 0 Å². The fraction of sp³-hybridized carbons (Fsp3) is 1.00. The first-order chi connectivity index (χ1) is 9.36. The predicted molar refractivity (Wildman–Crippen MR) is 86.7 cm³/mol. The first kappa shape index (κ1) is 17.0. The van der Waals surface area contributed by atoms with E-state index in [2.05, 4.69) is 18.7 Å². The summed E-state index contributed by atoms with van der Waals surface area (Å²) < 4.78 is 0. The number of rotatable bonds is 12. The Morgan fingerprint density at radius 2 is 1.42 bits per heavy atom. The molecule has 0 aliphatic carbocycles. The van der Waals surface area contributed by atoms with Crippen LogP contribution >= 0.6 is 0 Å². The lowest BCUT2D eigenvalue weighted by molar-refractivity contribution is 0.309. The van der Waals surface area contributed by atoms with Gasteiger partial charge in [-0.3, -0.25) is 0 Å². The minimum absolute atomic E-state index is 1.03. The molecule has 1 aliphatic rings. The Labute approximate surface area is 122 Å². The summed E-state index contributed by atoms with van der Waals surface area (Å²) in [5, 5.41) is 0. The van der Waals surface area contributed by atoms with E-state index in [1.54, 1.807) is 0 Å². The van der Waals surface area contributed by atoms with E-state index < -0.39 is 0 Å². The third-order valence-corrected chi connectivity index (χ3v) is 4.66. The molecule has 0 N–H and O–H groups in total. The van der Waals surface area contributed by atoms with Gasteiger partial charge in [0.1, 0.15) is 0 Å². The van der Waals surface area contributed by atoms with E-state index in [1.165, 1.54) is 96.7 Å². The van der Waals surface area contributed by atoms with Gasteiger partial charge in [0, 0.05) is 6.54 Å². The van der Waals surface area contributed by atoms with Crippen molar-refractivity contribution >= 4 is 0 Å². The van der Waals surface area contributed by atoms with Crippen LogP contribution in [0.4, 0.5) is 0 Å². The number of hydrogen-bond donors (Lipinski definition) is 0. The Balaban J connectivity index is 1.91. The number of likely N-dealkylation sites (tertiary alicyclic amines) is 1. The second-order valence-electron chi connectivity index (χ2n) is 6.57. The summed E-state index contributed by atoms with van der Waals surface area (Å²) in [7, 11) is 0. The molecule has 0 bridgehead atoms. The zero-order chi connectivity index (χ0) is 13.8. The van der Waals surface area contributed by atoms with E-state index in [4.69, 9.17) is 0 Å². The van der Waals surface area contributed by atoms with Crippen LogP contribution in [0.15, 0.2) is 0 Å². The Hall–Kier alpha value is -0.0400. The fourth-order valence-corrected chi connectivity index (χ4v) is 3.33. The van der Waals surface area contributed by atoms with Gasteiger partial charge < -0.3 is 4.90 Å². The van der Waals surface area contributed by atoms with Crippen LogP contribution in [0.3, 0.4) is 0 Å². The summed E-state index contributed by atoms with van der Waals surface area (Å²) >= 11 is 0. The van der Waals surface area contributed by atoms with Crippen LogP contribution in [0, 0.1) is 5.92 Å². The van der Waals surface area contributed by atoms with E-state index in [-0.39, 0.29) is 0 Å². The fourth-order valence-electron chi connectivity index (χ4n) is 3.33. The molecular formula is C18H37N. The smallest absolute Gasteiger partial charge is 0.00101 e. The molecule has 114 valence electrons. The highest BCUT2D eigenvalue weighted by Crippen LogP contribution is 2.22. The third kappa shape index (κ3) is 8.68. The van der Waals surface area contributed by atoms with Gasteiger partial charge in [-0.15, -0.1) is 0 Å². The lowest BCUT2D eigenvalue weighted by atomic mass is 10.00. The maximum Gasteiger partial charge on any atom is 0.00101 e. The summed E-state index contributed by atoms with van der Waals surface area (Å²) in [6.45, 7) is 8.76. The maximum atomic E-state index is 2.72. The largest absolute Gasteiger partial charge is 0.303 e. The standard InChI is InChI=1S/C18H37N/c1-3-5-7-9-11-13-18-14-16-19(17-18)15-12-10-8-6-4-2/h18H,3-17H2,1-2H3. The van der Waals surface area contributed by atoms with Crippen LogP contribution in [0.5, 0.6) is 0 Å². The third-order valence-electron chi connectivity index (χ3n) is 4.66. The lowest BCUT2D eigenvalue weighted by Gasteiger charge is -2.15. The quantitative estimate of drug-likeness (QED) is 0.414. The monoisotopic (exact) mass is 267 g/mol. The van der Waals surface area contributed by atoms with Crippen molar-refractivity contribution in [2.45, 2.75) is 90.9 Å². The highest BCUT2D eigenvalue weighted by Gasteiger charge is 2.21. The van der Waals surface area contributed by atoms with Crippen molar-refractivity contribution in [2.75, 3.05) is 19.6 Å². The number of hydrogen-bond acceptors (Lipinski definition) is 1. The predicted octanol–water partition coefficient (Wildman–Crippen LogP) is 5.64. The molecule has 0 aromatic carbocycles. The van der Waals surface area contributed by atoms with E-state index in [9.17, 15) is 0 Å². The number of unbranched alkanes of at least 4 members (excludes halogenated alkanes) is 8. The van der Waals surface area contributed by atoms with Crippen LogP contribution in [0.25, 0.3) is 0 Å². The average Bonchev–Trinajstić information content (AvgIpc) is 2.86. The van der Waals surface area contributed by atoms with Crippen molar-refractivity contribution in [3.63, 3.8) is 0 Å². The van der Waals surface area contributed by atoms with Gasteiger partial charge >= 0.3 is 0 Å². The summed E-state index contributed by atoms with van der Waals surface area (Å²) in [5.41, 5.74) is 0. The summed E-state index contributed by atoms with van der Waals surface area (Å²) in [6, 6.07) is 0. The molecule has 0 aromatic rings. The molecular weight excluding hydrogens is 230 g/mol. The van der Waals surface area contributed by atoms with Crippen LogP contribution in [0.2, 0.25) is 0 Å². The second-order valence-corrected chi connectivity index (χ2v) is 6.57. The molecule has 1 rings (SSSR count). The zero-order valence-electron chi connectivity index (χ0n) is 13.6. The molecule has 0 radical (unpaired) electrons. The van der Waals surface area contributed by atoms with E-state index in [0.717, 1.165) is 5.92 Å². The van der Waals surface area contributed by atoms with Crippen LogP contribution in [-0.4, -0.2) is 24.5 Å². The second kappa shape index (κ2) is 11.8. The van der Waals surface area contributed by atoms with Gasteiger partial charge in [-0.25, -0.2) is 0 Å². The van der Waals surface area contributed by atoms with E-state index in [1.807, 2.05) is 0 Å². The van der Waals surface area contributed by atoms with Gasteiger partial charge in [0.05, 0.1) is 0 Å². The molecule has 0 aromatic heterocycles. The Morgan fingerprint density at radius 1 is 0.789 bits per heavy atom. The topological polar surface area (TPSA) is 3.24 Å². The first-order valence-electron chi connectivity index (χ1n) is 9.09. The van der Waals surface area contributed by atoms with Gasteiger partial charge in [-0.1, -0.05) is 71.6 Å². The van der Waals surface area contributed by atoms with Crippen LogP contribution in [0.1, 0.15) is 90.9 Å². The van der Waals surface area contributed by atoms with E-state index >= 15 is 0 Å². The molecule has 1 fully saturated rings. The molecule has 0 saturated carbocycles. The van der Waals surface area contributed by atoms with E-state index in [0.29, 0.717) is 0 Å². The van der Waals surface area contributed by atoms with Crippen molar-refractivity contribution in [1.29, 1.82) is 0 Å². The molecule has 0 spiro atoms. The van der Waals surface area contributed by atoms with Crippen LogP contribution in [-0.2, 0) is 0 Å². The molecule has 1 nitrogen and oxygen atoms in total. The summed E-state index contributed by atoms with van der Waals surface area (Å²) in [4.78, 5) is 2.72. The minimum atomic E-state index is 1.03. The summed E-state index contributed by atoms with van der Waals surface area (Å²) in [5.74, 6) is 1.03. The minimum Gasteiger partial charge on any atom is -0.303 e. The van der Waals surface area contributed by atoms with Crippen molar-refractivity contribution in [3.05, 3.63) is 0 Å². The van der Waals surface area contributed by atoms with Gasteiger partial charge in [0.15, 0.2) is 0 Å². The SMILES string of the molecule is CCCCCCCC1CCN(CCCCCCC)C1. The Morgan fingerprint density at radius 3 is 2.11 bits per heavy atom. The molecule has 1 heterocycles. The van der Waals surface area contributed by atoms with Crippen molar-refractivity contribution in [1.82, 2.24) is 4.90 Å². The van der Waals surface area contributed by atoms with Crippen molar-refractivity contribution < 1.29 is 0 Å². The lowest BCUT2D eigenvalue weighted by Crippen LogP contribution is -2.21. The molecule has 1 atom stereocenters. The number of nitrogens with zero attached hydrogens (tertiary/aromatic N) is 1. The van der Waals surface area contributed by atoms with Crippen molar-refractivity contribution in [2.24, 2.45) is 5.92 Å². The van der Waals surface area contributed by atoms with Crippen LogP contribution < -0.4 is 0 Å². The molecule has 1 saturated heterocycles. The van der Waals surface area contributed by atoms with Gasteiger partial charge in [0.2, 0.25) is 0 Å².